The minimum atomic E-state index is 0.613. The summed E-state index contributed by atoms with van der Waals surface area (Å²) < 4.78 is 0. The molecule has 14 heavy (non-hydrogen) atoms. The molecule has 1 rings (SSSR count). The number of hydrogen-bond acceptors (Lipinski definition) is 2. The van der Waals surface area contributed by atoms with Gasteiger partial charge in [-0.15, -0.1) is 0 Å². The zero-order chi connectivity index (χ0) is 10.6. The largest absolute Gasteiger partial charge is 0.328 e. The zero-order valence-corrected chi connectivity index (χ0v) is 8.13. The second-order valence-corrected chi connectivity index (χ2v) is 2.95. The van der Waals surface area contributed by atoms with E-state index in [2.05, 4.69) is 10.6 Å². The molecule has 0 saturated heterocycles. The van der Waals surface area contributed by atoms with Crippen LogP contribution in [0, 0.1) is 13.8 Å². The molecule has 0 aliphatic heterocycles. The minimum absolute atomic E-state index is 0.613. The van der Waals surface area contributed by atoms with Crippen molar-refractivity contribution in [2.24, 2.45) is 0 Å². The Morgan fingerprint density at radius 3 is 2.29 bits per heavy atom. The Bertz CT molecular complexity index is 361. The zero-order valence-electron chi connectivity index (χ0n) is 8.13. The number of anilines is 2. The molecule has 4 heteroatoms. The van der Waals surface area contributed by atoms with Crippen molar-refractivity contribution in [3.8, 4) is 0 Å². The molecule has 2 N–H and O–H groups in total. The fourth-order valence-electron chi connectivity index (χ4n) is 1.35. The third kappa shape index (κ3) is 1.90. The van der Waals surface area contributed by atoms with Crippen molar-refractivity contribution < 1.29 is 9.59 Å². The molecule has 2 amide bonds. The number of rotatable bonds is 4. The van der Waals surface area contributed by atoms with Crippen LogP contribution in [0.4, 0.5) is 11.4 Å². The van der Waals surface area contributed by atoms with Crippen LogP contribution in [0.1, 0.15) is 11.1 Å². The first-order valence-electron chi connectivity index (χ1n) is 4.21. The standard InChI is InChI=1S/C10H12N2O2/c1-7-3-4-9(11-5-13)8(2)10(7)12-6-14/h3-6H,1-2H3,(H,11,13)(H,12,14). The number of carbonyl (C=O) groups excluding carboxylic acids is 2. The molecular weight excluding hydrogens is 180 g/mol. The fraction of sp³-hybridized carbons (Fsp3) is 0.200. The van der Waals surface area contributed by atoms with Crippen LogP contribution in [0.25, 0.3) is 0 Å². The highest BCUT2D eigenvalue weighted by molar-refractivity contribution is 5.83. The van der Waals surface area contributed by atoms with Gasteiger partial charge >= 0.3 is 0 Å². The summed E-state index contributed by atoms with van der Waals surface area (Å²) in [6.07, 6.45) is 1.24. The van der Waals surface area contributed by atoms with Crippen LogP contribution < -0.4 is 10.6 Å². The average molecular weight is 192 g/mol. The molecule has 0 aliphatic carbocycles. The molecule has 1 aromatic carbocycles. The van der Waals surface area contributed by atoms with Gasteiger partial charge in [0.1, 0.15) is 0 Å². The second kappa shape index (κ2) is 4.41. The SMILES string of the molecule is Cc1ccc(NC=O)c(C)c1NC=O. The van der Waals surface area contributed by atoms with Crippen LogP contribution in [0.15, 0.2) is 12.1 Å². The van der Waals surface area contributed by atoms with Crippen LogP contribution in [-0.2, 0) is 9.59 Å². The Morgan fingerprint density at radius 1 is 1.07 bits per heavy atom. The lowest BCUT2D eigenvalue weighted by atomic mass is 10.1. The summed E-state index contributed by atoms with van der Waals surface area (Å²) in [5.74, 6) is 0. The maximum atomic E-state index is 10.3. The van der Waals surface area contributed by atoms with Gasteiger partial charge in [-0.05, 0) is 31.0 Å². The first kappa shape index (κ1) is 10.2. The van der Waals surface area contributed by atoms with E-state index in [9.17, 15) is 9.59 Å². The quantitative estimate of drug-likeness (QED) is 0.709. The van der Waals surface area contributed by atoms with E-state index in [0.717, 1.165) is 16.8 Å². The van der Waals surface area contributed by atoms with Gasteiger partial charge in [0.05, 0.1) is 0 Å². The molecule has 4 nitrogen and oxygen atoms in total. The monoisotopic (exact) mass is 192 g/mol. The van der Waals surface area contributed by atoms with Gasteiger partial charge in [0.2, 0.25) is 12.8 Å². The molecule has 0 aromatic heterocycles. The number of hydrogen-bond donors (Lipinski definition) is 2. The Hall–Kier alpha value is -1.84. The summed E-state index contributed by atoms with van der Waals surface area (Å²) >= 11 is 0. The van der Waals surface area contributed by atoms with Crippen molar-refractivity contribution >= 4 is 24.2 Å². The van der Waals surface area contributed by atoms with Crippen LogP contribution >= 0.6 is 0 Å². The highest BCUT2D eigenvalue weighted by atomic mass is 16.1. The van der Waals surface area contributed by atoms with Gasteiger partial charge in [0, 0.05) is 11.4 Å². The van der Waals surface area contributed by atoms with Crippen molar-refractivity contribution in [1.29, 1.82) is 0 Å². The maximum absolute atomic E-state index is 10.3. The van der Waals surface area contributed by atoms with Crippen LogP contribution in [-0.4, -0.2) is 12.8 Å². The van der Waals surface area contributed by atoms with Gasteiger partial charge in [-0.1, -0.05) is 6.07 Å². The number of aryl methyl sites for hydroxylation is 1. The number of nitrogens with one attached hydrogen (secondary N) is 2. The third-order valence-electron chi connectivity index (χ3n) is 2.09. The van der Waals surface area contributed by atoms with Gasteiger partial charge in [-0.25, -0.2) is 0 Å². The molecule has 0 aliphatic rings. The molecule has 0 unspecified atom stereocenters. The molecule has 0 spiro atoms. The Morgan fingerprint density at radius 2 is 1.71 bits per heavy atom. The van der Waals surface area contributed by atoms with E-state index in [1.54, 1.807) is 6.07 Å². The number of amides is 2. The van der Waals surface area contributed by atoms with E-state index in [1.807, 2.05) is 19.9 Å². The van der Waals surface area contributed by atoms with E-state index < -0.39 is 0 Å². The topological polar surface area (TPSA) is 58.2 Å². The summed E-state index contributed by atoms with van der Waals surface area (Å²) in [5, 5.41) is 5.17. The molecule has 1 aromatic rings. The lowest BCUT2D eigenvalue weighted by Crippen LogP contribution is -2.03. The highest BCUT2D eigenvalue weighted by Crippen LogP contribution is 2.26. The van der Waals surface area contributed by atoms with Gasteiger partial charge in [0.25, 0.3) is 0 Å². The predicted octanol–water partition coefficient (Wildman–Crippen LogP) is 1.44. The lowest BCUT2D eigenvalue weighted by Gasteiger charge is -2.11. The normalized spacial score (nSPS) is 9.29. The molecular formula is C10H12N2O2. The van der Waals surface area contributed by atoms with Crippen LogP contribution in [0.2, 0.25) is 0 Å². The van der Waals surface area contributed by atoms with Crippen LogP contribution in [0.3, 0.4) is 0 Å². The Balaban J connectivity index is 3.17. The van der Waals surface area contributed by atoms with E-state index in [-0.39, 0.29) is 0 Å². The summed E-state index contributed by atoms with van der Waals surface area (Å²) in [6.45, 7) is 3.73. The first-order valence-corrected chi connectivity index (χ1v) is 4.21. The molecule has 0 heterocycles. The Labute approximate surface area is 82.3 Å². The molecule has 0 fully saturated rings. The summed E-state index contributed by atoms with van der Waals surface area (Å²) in [7, 11) is 0. The molecule has 0 atom stereocenters. The van der Waals surface area contributed by atoms with Gasteiger partial charge in [0.15, 0.2) is 0 Å². The summed E-state index contributed by atoms with van der Waals surface area (Å²) in [4.78, 5) is 20.6. The van der Waals surface area contributed by atoms with Gasteiger partial charge in [-0.3, -0.25) is 9.59 Å². The van der Waals surface area contributed by atoms with Crippen molar-refractivity contribution in [3.63, 3.8) is 0 Å². The fourth-order valence-corrected chi connectivity index (χ4v) is 1.35. The molecule has 0 radical (unpaired) electrons. The lowest BCUT2D eigenvalue weighted by molar-refractivity contribution is -0.106. The minimum Gasteiger partial charge on any atom is -0.328 e. The average Bonchev–Trinajstić information content (AvgIpc) is 2.17. The Kier molecular flexibility index (Phi) is 3.23. The van der Waals surface area contributed by atoms with E-state index in [1.165, 1.54) is 0 Å². The smallest absolute Gasteiger partial charge is 0.211 e. The van der Waals surface area contributed by atoms with Gasteiger partial charge < -0.3 is 10.6 Å². The number of carbonyl (C=O) groups is 2. The molecule has 74 valence electrons. The van der Waals surface area contributed by atoms with Crippen molar-refractivity contribution in [3.05, 3.63) is 23.3 Å². The predicted molar refractivity (Wildman–Crippen MR) is 55.3 cm³/mol. The third-order valence-corrected chi connectivity index (χ3v) is 2.09. The van der Waals surface area contributed by atoms with Crippen molar-refractivity contribution in [1.82, 2.24) is 0 Å². The van der Waals surface area contributed by atoms with Crippen molar-refractivity contribution in [2.45, 2.75) is 13.8 Å². The number of benzene rings is 1. The maximum Gasteiger partial charge on any atom is 0.211 e. The highest BCUT2D eigenvalue weighted by Gasteiger charge is 2.05. The van der Waals surface area contributed by atoms with Crippen LogP contribution in [0.5, 0.6) is 0 Å². The van der Waals surface area contributed by atoms with E-state index in [4.69, 9.17) is 0 Å². The molecule has 0 bridgehead atoms. The van der Waals surface area contributed by atoms with Gasteiger partial charge in [-0.2, -0.15) is 0 Å². The molecule has 0 saturated carbocycles. The van der Waals surface area contributed by atoms with E-state index in [0.29, 0.717) is 18.5 Å². The first-order chi connectivity index (χ1) is 6.70. The van der Waals surface area contributed by atoms with E-state index >= 15 is 0 Å². The van der Waals surface area contributed by atoms with Crippen molar-refractivity contribution in [2.75, 3.05) is 10.6 Å². The second-order valence-electron chi connectivity index (χ2n) is 2.95. The summed E-state index contributed by atoms with van der Waals surface area (Å²) in [5.41, 5.74) is 3.26. The summed E-state index contributed by atoms with van der Waals surface area (Å²) in [6, 6.07) is 3.64.